The van der Waals surface area contributed by atoms with E-state index >= 15 is 0 Å². The topological polar surface area (TPSA) is 20.3 Å². The lowest BCUT2D eigenvalue weighted by molar-refractivity contribution is -0.124. The van der Waals surface area contributed by atoms with Crippen molar-refractivity contribution in [3.05, 3.63) is 47.5 Å². The van der Waals surface area contributed by atoms with E-state index in [0.29, 0.717) is 0 Å². The molecule has 1 heterocycles. The first-order chi connectivity index (χ1) is 7.79. The monoisotopic (exact) mass is 215 g/mol. The van der Waals surface area contributed by atoms with Crippen molar-refractivity contribution < 1.29 is 4.79 Å². The van der Waals surface area contributed by atoms with Crippen LogP contribution in [0.3, 0.4) is 0 Å². The maximum Gasteiger partial charge on any atom is 0.246 e. The van der Waals surface area contributed by atoms with Crippen LogP contribution in [0.1, 0.15) is 18.9 Å². The van der Waals surface area contributed by atoms with Gasteiger partial charge in [-0.05, 0) is 24.0 Å². The van der Waals surface area contributed by atoms with Gasteiger partial charge in [0.2, 0.25) is 5.91 Å². The van der Waals surface area contributed by atoms with Crippen LogP contribution in [0.15, 0.2) is 42.0 Å². The molecule has 0 atom stereocenters. The first-order valence-corrected chi connectivity index (χ1v) is 5.82. The number of carbonyl (C=O) groups is 1. The summed E-state index contributed by atoms with van der Waals surface area (Å²) in [7, 11) is 0. The molecule has 0 aliphatic carbocycles. The second-order valence-electron chi connectivity index (χ2n) is 4.15. The van der Waals surface area contributed by atoms with Gasteiger partial charge in [-0.2, -0.15) is 0 Å². The minimum Gasteiger partial charge on any atom is -0.335 e. The largest absolute Gasteiger partial charge is 0.335 e. The standard InChI is InChI=1S/C14H17NO/c1-2-12-10-14(16)15(11-12)9-8-13-6-4-3-5-7-13/h3-7,10H,2,8-9,11H2,1H3. The van der Waals surface area contributed by atoms with Gasteiger partial charge >= 0.3 is 0 Å². The zero-order chi connectivity index (χ0) is 11.4. The number of hydrogen-bond acceptors (Lipinski definition) is 1. The Kier molecular flexibility index (Phi) is 3.40. The van der Waals surface area contributed by atoms with Crippen molar-refractivity contribution in [2.45, 2.75) is 19.8 Å². The zero-order valence-corrected chi connectivity index (χ0v) is 9.65. The molecule has 0 spiro atoms. The van der Waals surface area contributed by atoms with Gasteiger partial charge in [-0.25, -0.2) is 0 Å². The predicted molar refractivity (Wildman–Crippen MR) is 65.1 cm³/mol. The first kappa shape index (κ1) is 10.9. The van der Waals surface area contributed by atoms with E-state index in [0.717, 1.165) is 25.9 Å². The summed E-state index contributed by atoms with van der Waals surface area (Å²) >= 11 is 0. The second-order valence-corrected chi connectivity index (χ2v) is 4.15. The van der Waals surface area contributed by atoms with Crippen molar-refractivity contribution in [1.29, 1.82) is 0 Å². The van der Waals surface area contributed by atoms with E-state index in [4.69, 9.17) is 0 Å². The van der Waals surface area contributed by atoms with Gasteiger partial charge in [0, 0.05) is 19.2 Å². The Morgan fingerprint density at radius 1 is 1.25 bits per heavy atom. The lowest BCUT2D eigenvalue weighted by atomic mass is 10.1. The van der Waals surface area contributed by atoms with Gasteiger partial charge in [-0.1, -0.05) is 37.3 Å². The van der Waals surface area contributed by atoms with E-state index in [-0.39, 0.29) is 5.91 Å². The molecule has 1 aliphatic heterocycles. The first-order valence-electron chi connectivity index (χ1n) is 5.82. The molecular formula is C14H17NO. The summed E-state index contributed by atoms with van der Waals surface area (Å²) in [6.45, 7) is 3.74. The molecule has 84 valence electrons. The Morgan fingerprint density at radius 3 is 2.62 bits per heavy atom. The molecule has 0 saturated carbocycles. The minimum atomic E-state index is 0.174. The summed E-state index contributed by atoms with van der Waals surface area (Å²) in [4.78, 5) is 13.5. The van der Waals surface area contributed by atoms with Crippen LogP contribution in [0.5, 0.6) is 0 Å². The van der Waals surface area contributed by atoms with Crippen molar-refractivity contribution >= 4 is 5.91 Å². The Bertz CT molecular complexity index is 394. The van der Waals surface area contributed by atoms with Gasteiger partial charge in [0.25, 0.3) is 0 Å². The van der Waals surface area contributed by atoms with E-state index in [9.17, 15) is 4.79 Å². The fraction of sp³-hybridized carbons (Fsp3) is 0.357. The molecule has 1 aromatic rings. The summed E-state index contributed by atoms with van der Waals surface area (Å²) < 4.78 is 0. The summed E-state index contributed by atoms with van der Waals surface area (Å²) in [5, 5.41) is 0. The summed E-state index contributed by atoms with van der Waals surface area (Å²) in [6.07, 6.45) is 3.70. The third kappa shape index (κ3) is 2.51. The molecule has 2 heteroatoms. The van der Waals surface area contributed by atoms with Crippen molar-refractivity contribution in [2.75, 3.05) is 13.1 Å². The van der Waals surface area contributed by atoms with Crippen LogP contribution in [0.25, 0.3) is 0 Å². The summed E-state index contributed by atoms with van der Waals surface area (Å²) in [5.41, 5.74) is 2.54. The Balaban J connectivity index is 1.87. The second kappa shape index (κ2) is 4.97. The SMILES string of the molecule is CCC1=CC(=O)N(CCc2ccccc2)C1. The smallest absolute Gasteiger partial charge is 0.246 e. The van der Waals surface area contributed by atoms with Gasteiger partial charge in [0.15, 0.2) is 0 Å². The average molecular weight is 215 g/mol. The van der Waals surface area contributed by atoms with Gasteiger partial charge < -0.3 is 4.90 Å². The maximum atomic E-state index is 11.6. The molecule has 1 amide bonds. The Morgan fingerprint density at radius 2 is 2.00 bits per heavy atom. The Labute approximate surface area is 96.6 Å². The molecule has 0 bridgehead atoms. The van der Waals surface area contributed by atoms with Crippen molar-refractivity contribution in [3.63, 3.8) is 0 Å². The van der Waals surface area contributed by atoms with E-state index in [1.165, 1.54) is 11.1 Å². The lowest BCUT2D eigenvalue weighted by Crippen LogP contribution is -2.28. The molecule has 0 fully saturated rings. The molecule has 1 aliphatic rings. The maximum absolute atomic E-state index is 11.6. The lowest BCUT2D eigenvalue weighted by Gasteiger charge is -2.16. The van der Waals surface area contributed by atoms with E-state index in [2.05, 4.69) is 19.1 Å². The third-order valence-electron chi connectivity index (χ3n) is 3.00. The number of nitrogens with zero attached hydrogens (tertiary/aromatic N) is 1. The molecule has 2 nitrogen and oxygen atoms in total. The zero-order valence-electron chi connectivity index (χ0n) is 9.65. The molecule has 0 saturated heterocycles. The number of amides is 1. The van der Waals surface area contributed by atoms with Crippen LogP contribution in [0.2, 0.25) is 0 Å². The van der Waals surface area contributed by atoms with Gasteiger partial charge in [-0.3, -0.25) is 4.79 Å². The van der Waals surface area contributed by atoms with E-state index < -0.39 is 0 Å². The van der Waals surface area contributed by atoms with Gasteiger partial charge in [-0.15, -0.1) is 0 Å². The normalized spacial score (nSPS) is 15.4. The molecule has 0 unspecified atom stereocenters. The minimum absolute atomic E-state index is 0.174. The average Bonchev–Trinajstić information content (AvgIpc) is 2.69. The summed E-state index contributed by atoms with van der Waals surface area (Å²) in [5.74, 6) is 0.174. The molecule has 1 aromatic carbocycles. The molecule has 2 rings (SSSR count). The van der Waals surface area contributed by atoms with Crippen molar-refractivity contribution in [3.8, 4) is 0 Å². The Hall–Kier alpha value is -1.57. The highest BCUT2D eigenvalue weighted by molar-refractivity contribution is 5.91. The molecule has 0 aromatic heterocycles. The van der Waals surface area contributed by atoms with E-state index in [1.807, 2.05) is 23.1 Å². The van der Waals surface area contributed by atoms with Crippen LogP contribution in [-0.4, -0.2) is 23.9 Å². The third-order valence-corrected chi connectivity index (χ3v) is 3.00. The van der Waals surface area contributed by atoms with Gasteiger partial charge in [0.05, 0.1) is 0 Å². The summed E-state index contributed by atoms with van der Waals surface area (Å²) in [6, 6.07) is 10.3. The molecular weight excluding hydrogens is 198 g/mol. The van der Waals surface area contributed by atoms with Gasteiger partial charge in [0.1, 0.15) is 0 Å². The molecule has 0 N–H and O–H groups in total. The van der Waals surface area contributed by atoms with Crippen molar-refractivity contribution in [1.82, 2.24) is 4.90 Å². The number of hydrogen-bond donors (Lipinski definition) is 0. The van der Waals surface area contributed by atoms with Crippen LogP contribution >= 0.6 is 0 Å². The van der Waals surface area contributed by atoms with Crippen LogP contribution in [0, 0.1) is 0 Å². The van der Waals surface area contributed by atoms with Crippen LogP contribution in [0.4, 0.5) is 0 Å². The molecule has 0 radical (unpaired) electrons. The van der Waals surface area contributed by atoms with Crippen LogP contribution < -0.4 is 0 Å². The fourth-order valence-corrected chi connectivity index (χ4v) is 1.95. The highest BCUT2D eigenvalue weighted by atomic mass is 16.2. The van der Waals surface area contributed by atoms with E-state index in [1.54, 1.807) is 6.08 Å². The number of carbonyl (C=O) groups excluding carboxylic acids is 1. The highest BCUT2D eigenvalue weighted by Crippen LogP contribution is 2.14. The molecule has 16 heavy (non-hydrogen) atoms. The van der Waals surface area contributed by atoms with Crippen LogP contribution in [-0.2, 0) is 11.2 Å². The highest BCUT2D eigenvalue weighted by Gasteiger charge is 2.19. The fourth-order valence-electron chi connectivity index (χ4n) is 1.95. The number of benzene rings is 1. The van der Waals surface area contributed by atoms with Crippen molar-refractivity contribution in [2.24, 2.45) is 0 Å². The predicted octanol–water partition coefficient (Wildman–Crippen LogP) is 2.41. The quantitative estimate of drug-likeness (QED) is 0.755. The number of rotatable bonds is 4.